The summed E-state index contributed by atoms with van der Waals surface area (Å²) >= 11 is 0. The van der Waals surface area contributed by atoms with Crippen molar-refractivity contribution in [2.24, 2.45) is 0 Å². The van der Waals surface area contributed by atoms with Crippen LogP contribution in [-0.4, -0.2) is 15.0 Å². The van der Waals surface area contributed by atoms with Crippen LogP contribution in [0.25, 0.3) is 6.08 Å². The Hall–Kier alpha value is -2.61. The normalized spacial score (nSPS) is 15.7. The first-order chi connectivity index (χ1) is 7.88. The Bertz CT molecular complexity index is 564. The van der Waals surface area contributed by atoms with Crippen molar-refractivity contribution in [2.75, 3.05) is 5.01 Å². The Labute approximate surface area is 92.2 Å². The van der Waals surface area contributed by atoms with Crippen molar-refractivity contribution < 1.29 is 0 Å². The summed E-state index contributed by atoms with van der Waals surface area (Å²) < 4.78 is 0. The third-order valence-electron chi connectivity index (χ3n) is 2.35. The van der Waals surface area contributed by atoms with E-state index in [2.05, 4.69) is 9.97 Å². The molecule has 0 bridgehead atoms. The minimum absolute atomic E-state index is 0.178. The zero-order chi connectivity index (χ0) is 11.0. The lowest BCUT2D eigenvalue weighted by Gasteiger charge is -2.34. The second-order valence-electron chi connectivity index (χ2n) is 3.31. The number of hydrogen-bond donors (Lipinski definition) is 0. The van der Waals surface area contributed by atoms with E-state index in [1.807, 2.05) is 52.9 Å². The van der Waals surface area contributed by atoms with E-state index in [9.17, 15) is 0 Å². The maximum Gasteiger partial charge on any atom is 0.234 e. The molecule has 3 rings (SSSR count). The lowest BCUT2D eigenvalue weighted by atomic mass is 10.2. The summed E-state index contributed by atoms with van der Waals surface area (Å²) in [5.74, 6) is 0.895. The molecule has 5 nitrogen and oxygen atoms in total. The fourth-order valence-corrected chi connectivity index (χ4v) is 1.61. The Balaban J connectivity index is 2.15. The molecule has 0 unspecified atom stereocenters. The molecule has 16 heavy (non-hydrogen) atoms. The number of hydrazine groups is 1. The molecule has 0 radical (unpaired) electrons. The fraction of sp³-hybridized carbons (Fsp3) is 0. The zero-order valence-electron chi connectivity index (χ0n) is 8.28. The van der Waals surface area contributed by atoms with E-state index in [0.29, 0.717) is 0 Å². The fourth-order valence-electron chi connectivity index (χ4n) is 1.61. The molecule has 1 aromatic rings. The van der Waals surface area contributed by atoms with Gasteiger partial charge in [0.1, 0.15) is 6.07 Å². The van der Waals surface area contributed by atoms with E-state index in [4.69, 9.17) is 5.26 Å². The van der Waals surface area contributed by atoms with Gasteiger partial charge in [0, 0.05) is 30.4 Å². The van der Waals surface area contributed by atoms with E-state index < -0.39 is 0 Å². The predicted octanol–water partition coefficient (Wildman–Crippen LogP) is 1.40. The number of hydrogen-bond acceptors (Lipinski definition) is 5. The molecule has 0 aliphatic carbocycles. The van der Waals surface area contributed by atoms with Crippen LogP contribution >= 0.6 is 0 Å². The zero-order valence-corrected chi connectivity index (χ0v) is 8.28. The molecule has 2 aliphatic rings. The van der Waals surface area contributed by atoms with Crippen molar-refractivity contribution in [1.29, 1.82) is 5.26 Å². The van der Waals surface area contributed by atoms with Crippen LogP contribution in [0, 0.1) is 11.3 Å². The number of allylic oxidation sites excluding steroid dienone is 2. The molecule has 0 saturated heterocycles. The van der Waals surface area contributed by atoms with Gasteiger partial charge in [-0.3, -0.25) is 5.01 Å². The van der Waals surface area contributed by atoms with Crippen molar-refractivity contribution in [3.05, 3.63) is 48.3 Å². The summed E-state index contributed by atoms with van der Waals surface area (Å²) in [7, 11) is 0. The van der Waals surface area contributed by atoms with E-state index in [1.165, 1.54) is 0 Å². The van der Waals surface area contributed by atoms with E-state index in [-0.39, 0.29) is 5.82 Å². The van der Waals surface area contributed by atoms with Gasteiger partial charge in [-0.15, -0.1) is 0 Å². The maximum atomic E-state index is 8.78. The van der Waals surface area contributed by atoms with Gasteiger partial charge in [-0.1, -0.05) is 0 Å². The summed E-state index contributed by atoms with van der Waals surface area (Å²) in [5, 5.41) is 12.5. The number of anilines is 1. The second kappa shape index (κ2) is 3.21. The minimum atomic E-state index is 0.178. The van der Waals surface area contributed by atoms with Crippen LogP contribution in [0.2, 0.25) is 0 Å². The highest BCUT2D eigenvalue weighted by Crippen LogP contribution is 2.27. The minimum Gasteiger partial charge on any atom is -0.263 e. The van der Waals surface area contributed by atoms with Gasteiger partial charge < -0.3 is 0 Å². The van der Waals surface area contributed by atoms with Gasteiger partial charge in [0.15, 0.2) is 5.82 Å². The first-order valence-electron chi connectivity index (χ1n) is 4.76. The van der Waals surface area contributed by atoms with E-state index in [0.717, 1.165) is 11.4 Å². The van der Waals surface area contributed by atoms with Crippen LogP contribution in [0.3, 0.4) is 0 Å². The predicted molar refractivity (Wildman–Crippen MR) is 58.4 cm³/mol. The Morgan fingerprint density at radius 2 is 2.06 bits per heavy atom. The molecule has 0 fully saturated rings. The van der Waals surface area contributed by atoms with Gasteiger partial charge >= 0.3 is 0 Å². The maximum absolute atomic E-state index is 8.78. The number of nitriles is 1. The number of rotatable bonds is 0. The molecule has 1 aromatic heterocycles. The highest BCUT2D eigenvalue weighted by molar-refractivity contribution is 5.68. The molecule has 0 aromatic carbocycles. The number of nitrogens with zero attached hydrogens (tertiary/aromatic N) is 5. The van der Waals surface area contributed by atoms with Crippen LogP contribution in [0.1, 0.15) is 11.4 Å². The molecule has 0 amide bonds. The van der Waals surface area contributed by atoms with Gasteiger partial charge in [0.05, 0.1) is 0 Å². The second-order valence-corrected chi connectivity index (χ2v) is 3.31. The van der Waals surface area contributed by atoms with Crippen molar-refractivity contribution in [3.63, 3.8) is 0 Å². The molecule has 0 saturated carbocycles. The van der Waals surface area contributed by atoms with Gasteiger partial charge in [0.25, 0.3) is 0 Å². The highest BCUT2D eigenvalue weighted by Gasteiger charge is 2.20. The SMILES string of the molecule is N#Cc1ncc2c(n1)N1C=CC=CN1C=C2. The Morgan fingerprint density at radius 1 is 1.19 bits per heavy atom. The Kier molecular flexibility index (Phi) is 1.74. The largest absolute Gasteiger partial charge is 0.263 e. The summed E-state index contributed by atoms with van der Waals surface area (Å²) in [4.78, 5) is 8.13. The average molecular weight is 209 g/mol. The highest BCUT2D eigenvalue weighted by atomic mass is 15.6. The van der Waals surface area contributed by atoms with Crippen LogP contribution in [0.4, 0.5) is 5.82 Å². The lowest BCUT2D eigenvalue weighted by molar-refractivity contribution is 0.498. The molecule has 76 valence electrons. The first-order valence-corrected chi connectivity index (χ1v) is 4.76. The third kappa shape index (κ3) is 1.17. The van der Waals surface area contributed by atoms with Crippen LogP contribution in [-0.2, 0) is 0 Å². The van der Waals surface area contributed by atoms with Crippen molar-refractivity contribution in [2.45, 2.75) is 0 Å². The summed E-state index contributed by atoms with van der Waals surface area (Å²) in [5.41, 5.74) is 0.898. The number of fused-ring (bicyclic) bond motifs is 3. The van der Waals surface area contributed by atoms with Crippen molar-refractivity contribution in [1.82, 2.24) is 15.0 Å². The summed E-state index contributed by atoms with van der Waals surface area (Å²) in [6.07, 6.45) is 13.1. The third-order valence-corrected chi connectivity index (χ3v) is 2.35. The smallest absolute Gasteiger partial charge is 0.234 e. The van der Waals surface area contributed by atoms with Crippen molar-refractivity contribution >= 4 is 11.9 Å². The van der Waals surface area contributed by atoms with Crippen LogP contribution < -0.4 is 5.01 Å². The quantitative estimate of drug-likeness (QED) is 0.646. The molecule has 5 heteroatoms. The van der Waals surface area contributed by atoms with Crippen LogP contribution in [0.5, 0.6) is 0 Å². The summed E-state index contributed by atoms with van der Waals surface area (Å²) in [6, 6.07) is 1.94. The summed E-state index contributed by atoms with van der Waals surface area (Å²) in [6.45, 7) is 0. The molecular formula is C11H7N5. The monoisotopic (exact) mass is 209 g/mol. The Morgan fingerprint density at radius 3 is 2.94 bits per heavy atom. The van der Waals surface area contributed by atoms with E-state index >= 15 is 0 Å². The average Bonchev–Trinajstić information content (AvgIpc) is 2.38. The van der Waals surface area contributed by atoms with E-state index in [1.54, 1.807) is 6.20 Å². The molecule has 2 aliphatic heterocycles. The molecule has 0 spiro atoms. The van der Waals surface area contributed by atoms with Gasteiger partial charge in [-0.05, 0) is 18.2 Å². The van der Waals surface area contributed by atoms with Crippen LogP contribution in [0.15, 0.2) is 36.9 Å². The first kappa shape index (κ1) is 8.68. The molecule has 0 atom stereocenters. The van der Waals surface area contributed by atoms with Crippen molar-refractivity contribution in [3.8, 4) is 6.07 Å². The van der Waals surface area contributed by atoms with Gasteiger partial charge in [-0.25, -0.2) is 9.99 Å². The molecular weight excluding hydrogens is 202 g/mol. The standard InChI is InChI=1S/C11H7N5/c12-7-10-13-8-9-3-6-15-4-1-2-5-16(15)11(9)14-10/h1-6,8H. The molecule has 0 N–H and O–H groups in total. The lowest BCUT2D eigenvalue weighted by Crippen LogP contribution is -2.35. The van der Waals surface area contributed by atoms with Gasteiger partial charge in [0.2, 0.25) is 5.82 Å². The number of aromatic nitrogens is 2. The molecule has 3 heterocycles. The topological polar surface area (TPSA) is 56.1 Å². The van der Waals surface area contributed by atoms with Gasteiger partial charge in [-0.2, -0.15) is 10.2 Å².